The van der Waals surface area contributed by atoms with Gasteiger partial charge in [-0.2, -0.15) is 0 Å². The average Bonchev–Trinajstić information content (AvgIpc) is 2.90. The predicted molar refractivity (Wildman–Crippen MR) is 75.2 cm³/mol. The van der Waals surface area contributed by atoms with E-state index in [1.165, 1.54) is 0 Å². The van der Waals surface area contributed by atoms with Crippen molar-refractivity contribution in [3.05, 3.63) is 52.4 Å². The molecule has 1 aromatic carbocycles. The number of hydrogen-bond acceptors (Lipinski definition) is 3. The summed E-state index contributed by atoms with van der Waals surface area (Å²) < 4.78 is 11.0. The Morgan fingerprint density at radius 2 is 2.21 bits per heavy atom. The van der Waals surface area contributed by atoms with Crippen molar-refractivity contribution in [3.63, 3.8) is 0 Å². The molecule has 0 radical (unpaired) electrons. The molecule has 1 amide bonds. The van der Waals surface area contributed by atoms with Crippen molar-refractivity contribution in [2.45, 2.75) is 6.54 Å². The van der Waals surface area contributed by atoms with Gasteiger partial charge in [0.15, 0.2) is 0 Å². The van der Waals surface area contributed by atoms with Crippen LogP contribution in [0.1, 0.15) is 16.1 Å². The topological polar surface area (TPSA) is 42.7 Å². The molecule has 0 unspecified atom stereocenters. The number of carbonyl (C=O) groups excluding carboxylic acids is 1. The van der Waals surface area contributed by atoms with Crippen LogP contribution in [-0.4, -0.2) is 25.0 Å². The van der Waals surface area contributed by atoms with Crippen molar-refractivity contribution in [2.24, 2.45) is 0 Å². The fourth-order valence-electron chi connectivity index (χ4n) is 1.71. The molecule has 0 N–H and O–H groups in total. The zero-order valence-corrected chi connectivity index (χ0v) is 12.3. The molecule has 0 saturated heterocycles. The van der Waals surface area contributed by atoms with E-state index in [9.17, 15) is 4.79 Å². The second kappa shape index (κ2) is 5.93. The van der Waals surface area contributed by atoms with Gasteiger partial charge in [-0.3, -0.25) is 4.79 Å². The molecule has 100 valence electrons. The molecule has 4 nitrogen and oxygen atoms in total. The number of carbonyl (C=O) groups is 1. The molecule has 2 aromatic rings. The Morgan fingerprint density at radius 1 is 1.42 bits per heavy atom. The maximum Gasteiger partial charge on any atom is 0.255 e. The van der Waals surface area contributed by atoms with Crippen LogP contribution in [0.3, 0.4) is 0 Å². The highest BCUT2D eigenvalue weighted by Crippen LogP contribution is 2.24. The van der Waals surface area contributed by atoms with E-state index in [1.54, 1.807) is 49.6 Å². The molecule has 19 heavy (non-hydrogen) atoms. The van der Waals surface area contributed by atoms with E-state index in [4.69, 9.17) is 9.15 Å². The summed E-state index contributed by atoms with van der Waals surface area (Å²) >= 11 is 3.38. The summed E-state index contributed by atoms with van der Waals surface area (Å²) in [5, 5.41) is 0. The fourth-order valence-corrected chi connectivity index (χ4v) is 2.24. The Kier molecular flexibility index (Phi) is 4.27. The molecule has 0 atom stereocenters. The first-order valence-corrected chi connectivity index (χ1v) is 6.52. The van der Waals surface area contributed by atoms with E-state index in [1.807, 2.05) is 6.07 Å². The van der Waals surface area contributed by atoms with Crippen LogP contribution in [0.5, 0.6) is 5.75 Å². The third kappa shape index (κ3) is 3.17. The van der Waals surface area contributed by atoms with Crippen LogP contribution >= 0.6 is 15.9 Å². The summed E-state index contributed by atoms with van der Waals surface area (Å²) in [6.45, 7) is 0.435. The average molecular weight is 324 g/mol. The number of benzene rings is 1. The summed E-state index contributed by atoms with van der Waals surface area (Å²) in [6.07, 6.45) is 1.59. The van der Waals surface area contributed by atoms with Crippen LogP contribution < -0.4 is 4.74 Å². The highest BCUT2D eigenvalue weighted by Gasteiger charge is 2.16. The molecular formula is C14H14BrNO3. The van der Waals surface area contributed by atoms with E-state index in [-0.39, 0.29) is 5.91 Å². The van der Waals surface area contributed by atoms with Crippen molar-refractivity contribution >= 4 is 21.8 Å². The number of furan rings is 1. The van der Waals surface area contributed by atoms with Gasteiger partial charge < -0.3 is 14.1 Å². The van der Waals surface area contributed by atoms with E-state index in [2.05, 4.69) is 15.9 Å². The minimum Gasteiger partial charge on any atom is -0.497 e. The van der Waals surface area contributed by atoms with Crippen LogP contribution in [-0.2, 0) is 6.54 Å². The molecule has 0 bridgehead atoms. The Balaban J connectivity index is 2.14. The summed E-state index contributed by atoms with van der Waals surface area (Å²) in [5.41, 5.74) is 0.592. The SMILES string of the molecule is COc1ccc(C(=O)N(C)Cc2ccco2)c(Br)c1. The Labute approximate surface area is 120 Å². The van der Waals surface area contributed by atoms with Crippen LogP contribution in [0.25, 0.3) is 0 Å². The Bertz CT molecular complexity index is 566. The Morgan fingerprint density at radius 3 is 2.79 bits per heavy atom. The van der Waals surface area contributed by atoms with E-state index in [0.717, 1.165) is 5.76 Å². The minimum absolute atomic E-state index is 0.0778. The molecule has 1 heterocycles. The molecule has 0 spiro atoms. The number of halogens is 1. The van der Waals surface area contributed by atoms with Crippen LogP contribution in [0.2, 0.25) is 0 Å². The van der Waals surface area contributed by atoms with E-state index < -0.39 is 0 Å². The molecule has 1 aromatic heterocycles. The molecular weight excluding hydrogens is 310 g/mol. The van der Waals surface area contributed by atoms with Gasteiger partial charge in [-0.15, -0.1) is 0 Å². The lowest BCUT2D eigenvalue weighted by molar-refractivity contribution is 0.0774. The third-order valence-corrected chi connectivity index (χ3v) is 3.38. The van der Waals surface area contributed by atoms with Gasteiger partial charge in [-0.25, -0.2) is 0 Å². The molecule has 2 rings (SSSR count). The summed E-state index contributed by atoms with van der Waals surface area (Å²) in [7, 11) is 3.33. The number of hydrogen-bond donors (Lipinski definition) is 0. The molecule has 0 saturated carbocycles. The van der Waals surface area contributed by atoms with Crippen LogP contribution in [0.15, 0.2) is 45.5 Å². The second-order valence-electron chi connectivity index (χ2n) is 4.09. The lowest BCUT2D eigenvalue weighted by Crippen LogP contribution is -2.26. The van der Waals surface area contributed by atoms with E-state index in [0.29, 0.717) is 22.3 Å². The van der Waals surface area contributed by atoms with Crippen LogP contribution in [0, 0.1) is 0 Å². The summed E-state index contributed by atoms with van der Waals surface area (Å²) in [5.74, 6) is 1.38. The van der Waals surface area contributed by atoms with Gasteiger partial charge in [0, 0.05) is 11.5 Å². The first-order valence-electron chi connectivity index (χ1n) is 5.73. The summed E-state index contributed by atoms with van der Waals surface area (Å²) in [4.78, 5) is 13.9. The molecule has 5 heteroatoms. The van der Waals surface area contributed by atoms with Gasteiger partial charge in [-0.05, 0) is 46.3 Å². The lowest BCUT2D eigenvalue weighted by atomic mass is 10.2. The number of methoxy groups -OCH3 is 1. The highest BCUT2D eigenvalue weighted by molar-refractivity contribution is 9.10. The summed E-state index contributed by atoms with van der Waals surface area (Å²) in [6, 6.07) is 8.92. The zero-order chi connectivity index (χ0) is 13.8. The molecule has 0 aliphatic heterocycles. The van der Waals surface area contributed by atoms with Crippen molar-refractivity contribution in [3.8, 4) is 5.75 Å². The quantitative estimate of drug-likeness (QED) is 0.866. The second-order valence-corrected chi connectivity index (χ2v) is 4.94. The van der Waals surface area contributed by atoms with Crippen molar-refractivity contribution < 1.29 is 13.9 Å². The standard InChI is InChI=1S/C14H14BrNO3/c1-16(9-11-4-3-7-19-11)14(17)12-6-5-10(18-2)8-13(12)15/h3-8H,9H2,1-2H3. The minimum atomic E-state index is -0.0778. The van der Waals surface area contributed by atoms with Gasteiger partial charge in [0.05, 0.1) is 25.5 Å². The van der Waals surface area contributed by atoms with Gasteiger partial charge in [0.1, 0.15) is 11.5 Å². The predicted octanol–water partition coefficient (Wildman–Crippen LogP) is 3.32. The first-order chi connectivity index (χ1) is 9.11. The monoisotopic (exact) mass is 323 g/mol. The van der Waals surface area contributed by atoms with Crippen LogP contribution in [0.4, 0.5) is 0 Å². The lowest BCUT2D eigenvalue weighted by Gasteiger charge is -2.17. The normalized spacial score (nSPS) is 10.3. The number of amides is 1. The fraction of sp³-hybridized carbons (Fsp3) is 0.214. The van der Waals surface area contributed by atoms with Gasteiger partial charge in [-0.1, -0.05) is 0 Å². The van der Waals surface area contributed by atoms with Crippen molar-refractivity contribution in [1.29, 1.82) is 0 Å². The number of rotatable bonds is 4. The first kappa shape index (κ1) is 13.7. The smallest absolute Gasteiger partial charge is 0.255 e. The largest absolute Gasteiger partial charge is 0.497 e. The third-order valence-electron chi connectivity index (χ3n) is 2.73. The van der Waals surface area contributed by atoms with Crippen molar-refractivity contribution in [2.75, 3.05) is 14.2 Å². The molecule has 0 fully saturated rings. The Hall–Kier alpha value is -1.75. The van der Waals surface area contributed by atoms with Gasteiger partial charge >= 0.3 is 0 Å². The van der Waals surface area contributed by atoms with Crippen molar-refractivity contribution in [1.82, 2.24) is 4.90 Å². The molecule has 0 aliphatic rings. The number of ether oxygens (including phenoxy) is 1. The maximum absolute atomic E-state index is 12.3. The maximum atomic E-state index is 12.3. The highest BCUT2D eigenvalue weighted by atomic mass is 79.9. The van der Waals surface area contributed by atoms with Gasteiger partial charge in [0.2, 0.25) is 0 Å². The molecule has 0 aliphatic carbocycles. The number of nitrogens with zero attached hydrogens (tertiary/aromatic N) is 1. The van der Waals surface area contributed by atoms with Gasteiger partial charge in [0.25, 0.3) is 5.91 Å². The zero-order valence-electron chi connectivity index (χ0n) is 10.7. The van der Waals surface area contributed by atoms with E-state index >= 15 is 0 Å².